The van der Waals surface area contributed by atoms with Gasteiger partial charge in [0.25, 0.3) is 0 Å². The van der Waals surface area contributed by atoms with Gasteiger partial charge in [-0.25, -0.2) is 0 Å². The molecular formula is C19H26N2O. The van der Waals surface area contributed by atoms with Crippen molar-refractivity contribution in [1.29, 1.82) is 0 Å². The van der Waals surface area contributed by atoms with Crippen molar-refractivity contribution in [2.24, 2.45) is 5.92 Å². The summed E-state index contributed by atoms with van der Waals surface area (Å²) in [5.74, 6) is 0.660. The first-order valence-corrected chi connectivity index (χ1v) is 7.99. The van der Waals surface area contributed by atoms with Crippen molar-refractivity contribution in [1.82, 2.24) is 9.80 Å². The van der Waals surface area contributed by atoms with Crippen LogP contribution in [0.1, 0.15) is 18.9 Å². The molecule has 0 aromatic heterocycles. The summed E-state index contributed by atoms with van der Waals surface area (Å²) in [5.41, 5.74) is 1.36. The highest BCUT2D eigenvalue weighted by atomic mass is 16.2. The zero-order valence-electron chi connectivity index (χ0n) is 13.6. The first-order valence-electron chi connectivity index (χ1n) is 7.99. The van der Waals surface area contributed by atoms with Gasteiger partial charge in [-0.3, -0.25) is 9.69 Å². The lowest BCUT2D eigenvalue weighted by Crippen LogP contribution is -2.32. The van der Waals surface area contributed by atoms with E-state index >= 15 is 0 Å². The number of allylic oxidation sites excluding steroid dienone is 3. The molecule has 0 radical (unpaired) electrons. The van der Waals surface area contributed by atoms with Crippen LogP contribution in [0.2, 0.25) is 0 Å². The zero-order chi connectivity index (χ0) is 15.8. The number of likely N-dealkylation sites (N-methyl/N-ethyl adjacent to an activating group) is 1. The Hall–Kier alpha value is -1.87. The average molecular weight is 298 g/mol. The number of hydrogen-bond acceptors (Lipinski definition) is 2. The van der Waals surface area contributed by atoms with Crippen molar-refractivity contribution in [2.75, 3.05) is 26.7 Å². The first-order chi connectivity index (χ1) is 10.7. The number of rotatable bonds is 6. The summed E-state index contributed by atoms with van der Waals surface area (Å²) in [4.78, 5) is 16.3. The molecule has 1 amide bonds. The molecule has 118 valence electrons. The van der Waals surface area contributed by atoms with Gasteiger partial charge in [0, 0.05) is 32.8 Å². The minimum atomic E-state index is 0.0830. The molecule has 3 heteroatoms. The molecule has 0 spiro atoms. The van der Waals surface area contributed by atoms with Crippen molar-refractivity contribution < 1.29 is 4.79 Å². The monoisotopic (exact) mass is 298 g/mol. The molecule has 0 N–H and O–H groups in total. The fourth-order valence-corrected chi connectivity index (χ4v) is 2.90. The maximum absolute atomic E-state index is 12.0. The van der Waals surface area contributed by atoms with Gasteiger partial charge in [-0.2, -0.15) is 0 Å². The van der Waals surface area contributed by atoms with E-state index in [-0.39, 0.29) is 5.91 Å². The lowest BCUT2D eigenvalue weighted by molar-refractivity contribution is -0.125. The smallest absolute Gasteiger partial charge is 0.246 e. The minimum Gasteiger partial charge on any atom is -0.342 e. The molecule has 1 aliphatic heterocycles. The SMILES string of the molecule is C/C=C/C=C\C(=O)N(C)C[C@H]1CCN(Cc2ccccc2)C1. The van der Waals surface area contributed by atoms with E-state index in [1.54, 1.807) is 12.2 Å². The van der Waals surface area contributed by atoms with Gasteiger partial charge in [-0.1, -0.05) is 48.6 Å². The summed E-state index contributed by atoms with van der Waals surface area (Å²) < 4.78 is 0. The first kappa shape index (κ1) is 16.5. The summed E-state index contributed by atoms with van der Waals surface area (Å²) in [6.45, 7) is 5.99. The quantitative estimate of drug-likeness (QED) is 0.595. The Morgan fingerprint density at radius 1 is 1.32 bits per heavy atom. The van der Waals surface area contributed by atoms with Crippen LogP contribution in [0.25, 0.3) is 0 Å². The van der Waals surface area contributed by atoms with Crippen molar-refractivity contribution in [3.8, 4) is 0 Å². The molecule has 0 aliphatic carbocycles. The van der Waals surface area contributed by atoms with Gasteiger partial charge in [0.15, 0.2) is 0 Å². The highest BCUT2D eigenvalue weighted by Crippen LogP contribution is 2.19. The van der Waals surface area contributed by atoms with Gasteiger partial charge in [0.05, 0.1) is 0 Å². The van der Waals surface area contributed by atoms with Crippen molar-refractivity contribution in [2.45, 2.75) is 19.9 Å². The lowest BCUT2D eigenvalue weighted by atomic mass is 10.1. The van der Waals surface area contributed by atoms with Crippen LogP contribution in [0.3, 0.4) is 0 Å². The maximum atomic E-state index is 12.0. The third kappa shape index (κ3) is 5.15. The highest BCUT2D eigenvalue weighted by molar-refractivity contribution is 5.87. The van der Waals surface area contributed by atoms with E-state index in [4.69, 9.17) is 0 Å². The molecule has 22 heavy (non-hydrogen) atoms. The van der Waals surface area contributed by atoms with Gasteiger partial charge < -0.3 is 4.90 Å². The molecule has 1 aliphatic rings. The van der Waals surface area contributed by atoms with Gasteiger partial charge in [-0.05, 0) is 31.4 Å². The Morgan fingerprint density at radius 2 is 2.09 bits per heavy atom. The van der Waals surface area contributed by atoms with E-state index < -0.39 is 0 Å². The molecule has 0 unspecified atom stereocenters. The van der Waals surface area contributed by atoms with Crippen LogP contribution in [0.4, 0.5) is 0 Å². The summed E-state index contributed by atoms with van der Waals surface area (Å²) in [6, 6.07) is 10.6. The van der Waals surface area contributed by atoms with Gasteiger partial charge in [0.1, 0.15) is 0 Å². The van der Waals surface area contributed by atoms with Crippen LogP contribution in [0.5, 0.6) is 0 Å². The van der Waals surface area contributed by atoms with Crippen LogP contribution in [0, 0.1) is 5.92 Å². The third-order valence-electron chi connectivity index (χ3n) is 4.07. The number of amides is 1. The van der Waals surface area contributed by atoms with Crippen LogP contribution in [-0.4, -0.2) is 42.4 Å². The van der Waals surface area contributed by atoms with E-state index in [9.17, 15) is 4.79 Å². The summed E-state index contributed by atoms with van der Waals surface area (Å²) in [6.07, 6.45) is 8.40. The van der Waals surface area contributed by atoms with E-state index in [1.807, 2.05) is 31.0 Å². The van der Waals surface area contributed by atoms with Crippen molar-refractivity contribution in [3.63, 3.8) is 0 Å². The van der Waals surface area contributed by atoms with Crippen LogP contribution >= 0.6 is 0 Å². The molecular weight excluding hydrogens is 272 g/mol. The lowest BCUT2D eigenvalue weighted by Gasteiger charge is -2.20. The Balaban J connectivity index is 1.77. The zero-order valence-corrected chi connectivity index (χ0v) is 13.6. The fourth-order valence-electron chi connectivity index (χ4n) is 2.90. The van der Waals surface area contributed by atoms with Gasteiger partial charge >= 0.3 is 0 Å². The van der Waals surface area contributed by atoms with E-state index in [0.29, 0.717) is 5.92 Å². The number of carbonyl (C=O) groups excluding carboxylic acids is 1. The number of carbonyl (C=O) groups is 1. The molecule has 3 nitrogen and oxygen atoms in total. The highest BCUT2D eigenvalue weighted by Gasteiger charge is 2.24. The number of benzene rings is 1. The number of nitrogens with zero attached hydrogens (tertiary/aromatic N) is 2. The summed E-state index contributed by atoms with van der Waals surface area (Å²) in [5, 5.41) is 0. The van der Waals surface area contributed by atoms with Crippen LogP contribution in [-0.2, 0) is 11.3 Å². The largest absolute Gasteiger partial charge is 0.342 e. The molecule has 1 heterocycles. The van der Waals surface area contributed by atoms with Crippen LogP contribution in [0.15, 0.2) is 54.6 Å². The second-order valence-corrected chi connectivity index (χ2v) is 5.98. The molecule has 0 saturated carbocycles. The molecule has 1 atom stereocenters. The molecule has 0 bridgehead atoms. The van der Waals surface area contributed by atoms with Crippen LogP contribution < -0.4 is 0 Å². The second kappa shape index (κ2) is 8.54. The maximum Gasteiger partial charge on any atom is 0.246 e. The molecule has 1 aromatic carbocycles. The Labute approximate surface area is 133 Å². The van der Waals surface area contributed by atoms with Gasteiger partial charge in [-0.15, -0.1) is 0 Å². The van der Waals surface area contributed by atoms with E-state index in [1.165, 1.54) is 12.0 Å². The Kier molecular flexibility index (Phi) is 6.41. The van der Waals surface area contributed by atoms with E-state index in [0.717, 1.165) is 26.2 Å². The number of likely N-dealkylation sites (tertiary alicyclic amines) is 1. The Bertz CT molecular complexity index is 521. The molecule has 1 aromatic rings. The topological polar surface area (TPSA) is 23.6 Å². The standard InChI is InChI=1S/C19H26N2O/c1-3-4-6-11-19(22)20(2)14-18-12-13-21(16-18)15-17-9-7-5-8-10-17/h3-11,18H,12-16H2,1-2H3/b4-3+,11-6-/t18-/m1/s1. The normalized spacial score (nSPS) is 19.3. The minimum absolute atomic E-state index is 0.0830. The Morgan fingerprint density at radius 3 is 2.82 bits per heavy atom. The molecule has 1 saturated heterocycles. The fraction of sp³-hybridized carbons (Fsp3) is 0.421. The molecule has 1 fully saturated rings. The van der Waals surface area contributed by atoms with Crippen molar-refractivity contribution >= 4 is 5.91 Å². The number of hydrogen-bond donors (Lipinski definition) is 0. The predicted molar refractivity (Wildman–Crippen MR) is 91.4 cm³/mol. The average Bonchev–Trinajstić information content (AvgIpc) is 2.95. The van der Waals surface area contributed by atoms with Crippen molar-refractivity contribution in [3.05, 3.63) is 60.2 Å². The third-order valence-corrected chi connectivity index (χ3v) is 4.07. The predicted octanol–water partition coefficient (Wildman–Crippen LogP) is 3.10. The summed E-state index contributed by atoms with van der Waals surface area (Å²) >= 11 is 0. The summed E-state index contributed by atoms with van der Waals surface area (Å²) in [7, 11) is 1.89. The van der Waals surface area contributed by atoms with Gasteiger partial charge in [0.2, 0.25) is 5.91 Å². The van der Waals surface area contributed by atoms with E-state index in [2.05, 4.69) is 35.2 Å². The second-order valence-electron chi connectivity index (χ2n) is 5.98. The molecule has 2 rings (SSSR count).